The lowest BCUT2D eigenvalue weighted by Gasteiger charge is -2.33. The van der Waals surface area contributed by atoms with Gasteiger partial charge in [0.25, 0.3) is 0 Å². The fourth-order valence-electron chi connectivity index (χ4n) is 2.49. The molecule has 0 amide bonds. The Morgan fingerprint density at radius 3 is 3.07 bits per heavy atom. The molecule has 3 atom stereocenters. The minimum Gasteiger partial charge on any atom is -0.330 e. The van der Waals surface area contributed by atoms with Gasteiger partial charge >= 0.3 is 0 Å². The molecular weight excluding hydrogens is 192 g/mol. The summed E-state index contributed by atoms with van der Waals surface area (Å²) in [5, 5.41) is 2.19. The molecule has 14 heavy (non-hydrogen) atoms. The molecule has 3 heteroatoms. The van der Waals surface area contributed by atoms with Gasteiger partial charge in [0.1, 0.15) is 0 Å². The van der Waals surface area contributed by atoms with E-state index in [9.17, 15) is 0 Å². The Kier molecular flexibility index (Phi) is 3.19. The van der Waals surface area contributed by atoms with Gasteiger partial charge in [0.2, 0.25) is 0 Å². The first-order valence-corrected chi connectivity index (χ1v) is 6.33. The zero-order valence-electron chi connectivity index (χ0n) is 8.65. The van der Waals surface area contributed by atoms with Crippen LogP contribution in [0.15, 0.2) is 10.9 Å². The third kappa shape index (κ3) is 1.98. The number of rotatable bonds is 2. The van der Waals surface area contributed by atoms with Crippen LogP contribution in [-0.4, -0.2) is 11.5 Å². The van der Waals surface area contributed by atoms with Crippen LogP contribution in [0.2, 0.25) is 0 Å². The molecule has 3 unspecified atom stereocenters. The molecule has 0 aromatic carbocycles. The molecular formula is C11H18N2S. The Balaban J connectivity index is 2.13. The molecule has 1 saturated carbocycles. The SMILES string of the molecule is CC1CCC(CN)C(c2cscn2)C1. The van der Waals surface area contributed by atoms with Crippen molar-refractivity contribution in [1.82, 2.24) is 4.98 Å². The summed E-state index contributed by atoms with van der Waals surface area (Å²) in [5.41, 5.74) is 9.03. The van der Waals surface area contributed by atoms with Gasteiger partial charge in [-0.05, 0) is 31.2 Å². The van der Waals surface area contributed by atoms with Gasteiger partial charge < -0.3 is 5.73 Å². The number of thiazole rings is 1. The van der Waals surface area contributed by atoms with E-state index in [4.69, 9.17) is 5.73 Å². The molecule has 0 radical (unpaired) electrons. The van der Waals surface area contributed by atoms with E-state index in [0.717, 1.165) is 12.5 Å². The summed E-state index contributed by atoms with van der Waals surface area (Å²) in [6, 6.07) is 0. The predicted octanol–water partition coefficient (Wildman–Crippen LogP) is 2.62. The van der Waals surface area contributed by atoms with Crippen LogP contribution in [0.1, 0.15) is 37.8 Å². The number of hydrogen-bond acceptors (Lipinski definition) is 3. The lowest BCUT2D eigenvalue weighted by atomic mass is 9.73. The van der Waals surface area contributed by atoms with E-state index >= 15 is 0 Å². The van der Waals surface area contributed by atoms with Gasteiger partial charge in [-0.2, -0.15) is 0 Å². The average Bonchev–Trinajstić information content (AvgIpc) is 2.70. The average molecular weight is 210 g/mol. The smallest absolute Gasteiger partial charge is 0.0794 e. The van der Waals surface area contributed by atoms with Crippen LogP contribution in [0.4, 0.5) is 0 Å². The fourth-order valence-corrected chi connectivity index (χ4v) is 3.11. The summed E-state index contributed by atoms with van der Waals surface area (Å²) in [5.74, 6) is 2.12. The van der Waals surface area contributed by atoms with E-state index in [0.29, 0.717) is 11.8 Å². The highest BCUT2D eigenvalue weighted by Crippen LogP contribution is 2.39. The van der Waals surface area contributed by atoms with Crippen molar-refractivity contribution in [3.8, 4) is 0 Å². The summed E-state index contributed by atoms with van der Waals surface area (Å²) in [6.45, 7) is 3.15. The third-order valence-electron chi connectivity index (χ3n) is 3.39. The minimum atomic E-state index is 0.620. The summed E-state index contributed by atoms with van der Waals surface area (Å²) in [6.07, 6.45) is 3.88. The Bertz CT molecular complexity index is 271. The van der Waals surface area contributed by atoms with E-state index in [1.165, 1.54) is 25.0 Å². The predicted molar refractivity (Wildman–Crippen MR) is 60.4 cm³/mol. The van der Waals surface area contributed by atoms with Gasteiger partial charge in [0, 0.05) is 11.3 Å². The van der Waals surface area contributed by atoms with E-state index in [1.807, 2.05) is 5.51 Å². The number of aromatic nitrogens is 1. The van der Waals surface area contributed by atoms with Gasteiger partial charge in [-0.25, -0.2) is 4.98 Å². The maximum absolute atomic E-state index is 5.82. The lowest BCUT2D eigenvalue weighted by molar-refractivity contribution is 0.250. The molecule has 78 valence electrons. The normalized spacial score (nSPS) is 33.1. The first-order chi connectivity index (χ1) is 6.81. The second-order valence-electron chi connectivity index (χ2n) is 4.43. The Morgan fingerprint density at radius 2 is 2.43 bits per heavy atom. The van der Waals surface area contributed by atoms with Gasteiger partial charge in [-0.15, -0.1) is 11.3 Å². The van der Waals surface area contributed by atoms with Crippen molar-refractivity contribution in [2.24, 2.45) is 17.6 Å². The van der Waals surface area contributed by atoms with Crippen LogP contribution in [-0.2, 0) is 0 Å². The van der Waals surface area contributed by atoms with E-state index in [2.05, 4.69) is 17.3 Å². The summed E-state index contributed by atoms with van der Waals surface area (Å²) >= 11 is 1.70. The molecule has 1 aromatic heterocycles. The molecule has 1 fully saturated rings. The monoisotopic (exact) mass is 210 g/mol. The second-order valence-corrected chi connectivity index (χ2v) is 5.15. The molecule has 1 aromatic rings. The fraction of sp³-hybridized carbons (Fsp3) is 0.727. The topological polar surface area (TPSA) is 38.9 Å². The van der Waals surface area contributed by atoms with Crippen molar-refractivity contribution < 1.29 is 0 Å². The Morgan fingerprint density at radius 1 is 1.57 bits per heavy atom. The zero-order chi connectivity index (χ0) is 9.97. The van der Waals surface area contributed by atoms with Gasteiger partial charge in [0.05, 0.1) is 11.2 Å². The molecule has 0 bridgehead atoms. The molecule has 1 heterocycles. The van der Waals surface area contributed by atoms with Crippen LogP contribution in [0.25, 0.3) is 0 Å². The third-order valence-corrected chi connectivity index (χ3v) is 3.99. The molecule has 0 saturated heterocycles. The minimum absolute atomic E-state index is 0.620. The van der Waals surface area contributed by atoms with Gasteiger partial charge in [0.15, 0.2) is 0 Å². The van der Waals surface area contributed by atoms with E-state index < -0.39 is 0 Å². The highest BCUT2D eigenvalue weighted by Gasteiger charge is 2.29. The quantitative estimate of drug-likeness (QED) is 0.815. The highest BCUT2D eigenvalue weighted by atomic mass is 32.1. The number of nitrogens with two attached hydrogens (primary N) is 1. The van der Waals surface area contributed by atoms with Crippen LogP contribution < -0.4 is 5.73 Å². The van der Waals surface area contributed by atoms with Crippen molar-refractivity contribution in [3.05, 3.63) is 16.6 Å². The molecule has 2 rings (SSSR count). The highest BCUT2D eigenvalue weighted by molar-refractivity contribution is 7.07. The van der Waals surface area contributed by atoms with Crippen LogP contribution in [0, 0.1) is 11.8 Å². The molecule has 0 aliphatic heterocycles. The van der Waals surface area contributed by atoms with Crippen molar-refractivity contribution in [3.63, 3.8) is 0 Å². The Labute approximate surface area is 89.5 Å². The zero-order valence-corrected chi connectivity index (χ0v) is 9.46. The largest absolute Gasteiger partial charge is 0.330 e. The number of hydrogen-bond donors (Lipinski definition) is 1. The first-order valence-electron chi connectivity index (χ1n) is 5.39. The Hall–Kier alpha value is -0.410. The van der Waals surface area contributed by atoms with Crippen molar-refractivity contribution in [1.29, 1.82) is 0 Å². The standard InChI is InChI=1S/C11H18N2S/c1-8-2-3-9(5-12)10(4-8)11-6-14-7-13-11/h6-10H,2-5,12H2,1H3. The van der Waals surface area contributed by atoms with Crippen LogP contribution in [0.3, 0.4) is 0 Å². The summed E-state index contributed by atoms with van der Waals surface area (Å²) in [4.78, 5) is 4.44. The number of nitrogens with zero attached hydrogens (tertiary/aromatic N) is 1. The van der Waals surface area contributed by atoms with Crippen molar-refractivity contribution >= 4 is 11.3 Å². The maximum atomic E-state index is 5.82. The second kappa shape index (κ2) is 4.41. The van der Waals surface area contributed by atoms with Crippen LogP contribution >= 0.6 is 11.3 Å². The van der Waals surface area contributed by atoms with Gasteiger partial charge in [-0.1, -0.05) is 13.3 Å². The van der Waals surface area contributed by atoms with E-state index in [-0.39, 0.29) is 0 Å². The molecule has 2 nitrogen and oxygen atoms in total. The molecule has 1 aliphatic rings. The summed E-state index contributed by atoms with van der Waals surface area (Å²) in [7, 11) is 0. The lowest BCUT2D eigenvalue weighted by Crippen LogP contribution is -2.28. The molecule has 1 aliphatic carbocycles. The van der Waals surface area contributed by atoms with Crippen molar-refractivity contribution in [2.45, 2.75) is 32.1 Å². The molecule has 0 spiro atoms. The van der Waals surface area contributed by atoms with Crippen molar-refractivity contribution in [2.75, 3.05) is 6.54 Å². The summed E-state index contributed by atoms with van der Waals surface area (Å²) < 4.78 is 0. The van der Waals surface area contributed by atoms with Gasteiger partial charge in [-0.3, -0.25) is 0 Å². The van der Waals surface area contributed by atoms with Crippen LogP contribution in [0.5, 0.6) is 0 Å². The maximum Gasteiger partial charge on any atom is 0.0794 e. The van der Waals surface area contributed by atoms with E-state index in [1.54, 1.807) is 11.3 Å². The first kappa shape index (κ1) is 10.1. The molecule has 2 N–H and O–H groups in total.